The van der Waals surface area contributed by atoms with E-state index in [0.29, 0.717) is 29.1 Å². The van der Waals surface area contributed by atoms with Crippen LogP contribution >= 0.6 is 0 Å². The molecular weight excluding hydrogens is 654 g/mol. The molecule has 0 spiro atoms. The second-order valence-corrected chi connectivity index (χ2v) is 13.2. The fraction of sp³-hybridized carbons (Fsp3) is 0.293. The molecule has 52 heavy (non-hydrogen) atoms. The minimum absolute atomic E-state index is 0.0343. The van der Waals surface area contributed by atoms with E-state index in [4.69, 9.17) is 24.0 Å². The summed E-state index contributed by atoms with van der Waals surface area (Å²) in [5.74, 6) is 1.20. The van der Waals surface area contributed by atoms with Crippen LogP contribution in [-0.2, 0) is 22.7 Å². The average Bonchev–Trinajstić information content (AvgIpc) is 3.59. The van der Waals surface area contributed by atoms with E-state index < -0.39 is 0 Å². The maximum atomic E-state index is 9.89. The van der Waals surface area contributed by atoms with Gasteiger partial charge in [0, 0.05) is 48.2 Å². The average molecular weight is 696 g/mol. The summed E-state index contributed by atoms with van der Waals surface area (Å²) in [5, 5.41) is 27.2. The number of rotatable bonds is 10. The number of fused-ring (bicyclic) bond motifs is 2. The first-order valence-corrected chi connectivity index (χ1v) is 17.4. The van der Waals surface area contributed by atoms with Gasteiger partial charge in [-0.3, -0.25) is 9.88 Å². The number of nitrogens with one attached hydrogen (secondary N) is 2. The van der Waals surface area contributed by atoms with Crippen LogP contribution in [0.1, 0.15) is 54.0 Å². The Morgan fingerprint density at radius 3 is 2.42 bits per heavy atom. The van der Waals surface area contributed by atoms with E-state index in [2.05, 4.69) is 70.8 Å². The van der Waals surface area contributed by atoms with Gasteiger partial charge in [-0.05, 0) is 116 Å². The number of aromatic nitrogens is 3. The lowest BCUT2D eigenvalue weighted by atomic mass is 9.93. The summed E-state index contributed by atoms with van der Waals surface area (Å²) in [4.78, 5) is 33.2. The highest BCUT2D eigenvalue weighted by Crippen LogP contribution is 2.37. The maximum absolute atomic E-state index is 9.89. The lowest BCUT2D eigenvalue weighted by Crippen LogP contribution is -2.29. The molecule has 6 aromatic rings. The van der Waals surface area contributed by atoms with Crippen LogP contribution in [0, 0.1) is 25.2 Å². The molecule has 1 aliphatic heterocycles. The first-order chi connectivity index (χ1) is 25.3. The molecule has 7 rings (SSSR count). The zero-order valence-corrected chi connectivity index (χ0v) is 29.6. The Morgan fingerprint density at radius 2 is 1.67 bits per heavy atom. The van der Waals surface area contributed by atoms with Gasteiger partial charge >= 0.3 is 6.15 Å². The Balaban J connectivity index is 0.00000150. The topological polar surface area (TPSA) is 157 Å². The van der Waals surface area contributed by atoms with Crippen molar-refractivity contribution in [2.75, 3.05) is 25.0 Å². The maximum Gasteiger partial charge on any atom is 0.373 e. The molecule has 1 saturated heterocycles. The van der Waals surface area contributed by atoms with Crippen LogP contribution in [0.3, 0.4) is 0 Å². The molecule has 264 valence electrons. The monoisotopic (exact) mass is 695 g/mol. The highest BCUT2D eigenvalue weighted by Gasteiger charge is 2.19. The van der Waals surface area contributed by atoms with E-state index in [0.717, 1.165) is 75.4 Å². The highest BCUT2D eigenvalue weighted by molar-refractivity contribution is 5.91. The van der Waals surface area contributed by atoms with Gasteiger partial charge < -0.3 is 20.2 Å². The summed E-state index contributed by atoms with van der Waals surface area (Å²) in [5.41, 5.74) is 10.6. The number of hydrogen-bond donors (Lipinski definition) is 3. The van der Waals surface area contributed by atoms with E-state index in [-0.39, 0.29) is 18.8 Å². The molecule has 1 fully saturated rings. The molecule has 3 N–H and O–H groups in total. The summed E-state index contributed by atoms with van der Waals surface area (Å²) in [7, 11) is 0. The third kappa shape index (κ3) is 7.91. The van der Waals surface area contributed by atoms with Gasteiger partial charge in [-0.1, -0.05) is 30.7 Å². The minimum atomic E-state index is -0.0565. The molecule has 1 aliphatic rings. The Hall–Kier alpha value is -5.76. The van der Waals surface area contributed by atoms with Crippen LogP contribution < -0.4 is 10.6 Å². The Bertz CT molecular complexity index is 2280. The number of benzene rings is 3. The summed E-state index contributed by atoms with van der Waals surface area (Å²) in [6.07, 6.45) is 7.95. The normalized spacial score (nSPS) is 13.6. The van der Waals surface area contributed by atoms with Crippen molar-refractivity contribution in [1.29, 1.82) is 5.26 Å². The quantitative estimate of drug-likeness (QED) is 0.133. The molecule has 0 unspecified atom stereocenters. The molecule has 11 nitrogen and oxygen atoms in total. The van der Waals surface area contributed by atoms with Gasteiger partial charge in [-0.2, -0.15) is 14.9 Å². The molecule has 0 saturated carbocycles. The smallest absolute Gasteiger partial charge is 0.373 e. The van der Waals surface area contributed by atoms with Crippen molar-refractivity contribution in [1.82, 2.24) is 25.2 Å². The second-order valence-electron chi connectivity index (χ2n) is 13.2. The van der Waals surface area contributed by atoms with Crippen LogP contribution in [-0.4, -0.2) is 56.8 Å². The Labute approximate surface area is 302 Å². The first-order valence-electron chi connectivity index (χ1n) is 17.4. The van der Waals surface area contributed by atoms with Gasteiger partial charge in [0.2, 0.25) is 5.89 Å². The van der Waals surface area contributed by atoms with Crippen LogP contribution in [0.5, 0.6) is 0 Å². The number of oxazole rings is 1. The third-order valence-electron chi connectivity index (χ3n) is 9.55. The Kier molecular flexibility index (Phi) is 11.4. The van der Waals surface area contributed by atoms with Gasteiger partial charge in [-0.25, -0.2) is 9.97 Å². The van der Waals surface area contributed by atoms with Gasteiger partial charge in [0.25, 0.3) is 0 Å². The lowest BCUT2D eigenvalue weighted by Gasteiger charge is -2.26. The minimum Gasteiger partial charge on any atom is -0.435 e. The zero-order chi connectivity index (χ0) is 36.6. The predicted octanol–water partition coefficient (Wildman–Crippen LogP) is 7.21. The third-order valence-corrected chi connectivity index (χ3v) is 9.55. The largest absolute Gasteiger partial charge is 0.435 e. The number of hydrogen-bond acceptors (Lipinski definition) is 11. The van der Waals surface area contributed by atoms with Crippen molar-refractivity contribution in [2.45, 2.75) is 59.2 Å². The number of aliphatic hydroxyl groups is 1. The summed E-state index contributed by atoms with van der Waals surface area (Å²) < 4.78 is 6.25. The van der Waals surface area contributed by atoms with Crippen molar-refractivity contribution in [2.24, 2.45) is 0 Å². The predicted molar refractivity (Wildman–Crippen MR) is 199 cm³/mol. The van der Waals surface area contributed by atoms with E-state index in [9.17, 15) is 10.4 Å². The number of nitrogens with zero attached hydrogens (tertiary/aromatic N) is 5. The summed E-state index contributed by atoms with van der Waals surface area (Å²) in [6.45, 7) is 9.88. The standard InChI is InChI=1S/C40H41N7O2.CO2/c1-25(24-48)43-21-28-17-31(20-41)38-36(19-28)46-40(49-38)34-11-7-9-32(26(34)2)33-10-8-12-35(27(33)3)45-39-37-30(13-14-42-39)18-29(22-44-37)23-47-15-5-4-6-16-47;2-1-3/h7-14,17-19,22,25,43,48H,4-6,15-16,21,23-24H2,1-3H3,(H,42,45);/t25-;/m0./s1. The van der Waals surface area contributed by atoms with Gasteiger partial charge in [-0.15, -0.1) is 0 Å². The van der Waals surface area contributed by atoms with E-state index >= 15 is 0 Å². The Morgan fingerprint density at radius 1 is 0.942 bits per heavy atom. The van der Waals surface area contributed by atoms with Crippen molar-refractivity contribution in [3.8, 4) is 28.7 Å². The van der Waals surface area contributed by atoms with E-state index in [1.165, 1.54) is 24.8 Å². The molecule has 1 atom stereocenters. The molecule has 11 heteroatoms. The van der Waals surface area contributed by atoms with E-state index in [1.807, 2.05) is 49.6 Å². The molecule has 0 amide bonds. The van der Waals surface area contributed by atoms with Crippen LogP contribution in [0.15, 0.2) is 77.5 Å². The number of likely N-dealkylation sites (tertiary alicyclic amines) is 1. The number of piperidine rings is 1. The van der Waals surface area contributed by atoms with Crippen LogP contribution in [0.25, 0.3) is 44.6 Å². The SMILES string of the molecule is Cc1c(Nc2nccc3cc(CN4CCCCC4)cnc23)cccc1-c1cccc(-c2nc3cc(CN[C@@H](C)CO)cc(C#N)c3o2)c1C.O=C=O. The second kappa shape index (κ2) is 16.5. The zero-order valence-electron chi connectivity index (χ0n) is 29.6. The molecule has 0 radical (unpaired) electrons. The number of aliphatic hydroxyl groups excluding tert-OH is 1. The molecular formula is C41H41N7O4. The van der Waals surface area contributed by atoms with Gasteiger partial charge in [0.05, 0.1) is 12.2 Å². The summed E-state index contributed by atoms with van der Waals surface area (Å²) >= 11 is 0. The number of nitriles is 1. The molecule has 0 bridgehead atoms. The lowest BCUT2D eigenvalue weighted by molar-refractivity contribution is -0.191. The fourth-order valence-electron chi connectivity index (χ4n) is 6.76. The fourth-order valence-corrected chi connectivity index (χ4v) is 6.76. The van der Waals surface area contributed by atoms with Gasteiger partial charge in [0.1, 0.15) is 17.1 Å². The van der Waals surface area contributed by atoms with Crippen molar-refractivity contribution < 1.29 is 19.1 Å². The number of pyridine rings is 2. The molecule has 3 aromatic heterocycles. The van der Waals surface area contributed by atoms with Crippen molar-refractivity contribution in [3.05, 3.63) is 101 Å². The first kappa shape index (κ1) is 36.0. The molecule has 3 aromatic carbocycles. The van der Waals surface area contributed by atoms with Crippen LogP contribution in [0.2, 0.25) is 0 Å². The van der Waals surface area contributed by atoms with Crippen LogP contribution in [0.4, 0.5) is 11.5 Å². The number of anilines is 2. The van der Waals surface area contributed by atoms with Crippen molar-refractivity contribution >= 4 is 39.7 Å². The van der Waals surface area contributed by atoms with E-state index in [1.54, 1.807) is 0 Å². The summed E-state index contributed by atoms with van der Waals surface area (Å²) in [6, 6.07) is 22.6. The molecule has 0 aliphatic carbocycles. The molecule has 4 heterocycles. The number of carbonyl (C=O) groups excluding carboxylic acids is 2. The highest BCUT2D eigenvalue weighted by atomic mass is 16.3. The van der Waals surface area contributed by atoms with Crippen molar-refractivity contribution in [3.63, 3.8) is 0 Å². The van der Waals surface area contributed by atoms with Gasteiger partial charge in [0.15, 0.2) is 11.4 Å².